The predicted octanol–water partition coefficient (Wildman–Crippen LogP) is 2.95. The van der Waals surface area contributed by atoms with Gasteiger partial charge in [0, 0.05) is 24.8 Å². The third-order valence-corrected chi connectivity index (χ3v) is 4.37. The third kappa shape index (κ3) is 5.96. The van der Waals surface area contributed by atoms with Crippen LogP contribution in [0.15, 0.2) is 24.3 Å². The van der Waals surface area contributed by atoms with Crippen LogP contribution < -0.4 is 11.1 Å². The van der Waals surface area contributed by atoms with E-state index in [0.29, 0.717) is 32.6 Å². The van der Waals surface area contributed by atoms with Gasteiger partial charge in [-0.05, 0) is 42.4 Å². The van der Waals surface area contributed by atoms with E-state index >= 15 is 0 Å². The van der Waals surface area contributed by atoms with Gasteiger partial charge >= 0.3 is 0 Å². The molecule has 0 aromatic heterocycles. The normalized spacial score (nSPS) is 17.2. The fraction of sp³-hybridized carbons (Fsp3) is 0.588. The second-order valence-electron chi connectivity index (χ2n) is 6.92. The number of hydrogen-bond donors (Lipinski definition) is 2. The maximum atomic E-state index is 12.4. The van der Waals surface area contributed by atoms with Crippen molar-refractivity contribution in [2.75, 3.05) is 19.8 Å². The van der Waals surface area contributed by atoms with Crippen molar-refractivity contribution < 1.29 is 9.53 Å². The molecule has 0 unspecified atom stereocenters. The quantitative estimate of drug-likeness (QED) is 0.848. The van der Waals surface area contributed by atoms with Crippen LogP contribution >= 0.6 is 24.0 Å². The molecule has 1 aromatic carbocycles. The summed E-state index contributed by atoms with van der Waals surface area (Å²) in [6.45, 7) is 5.94. The molecule has 3 N–H and O–H groups in total. The third-order valence-electron chi connectivity index (χ3n) is 4.14. The van der Waals surface area contributed by atoms with Gasteiger partial charge in [0.2, 0.25) is 5.91 Å². The van der Waals surface area contributed by atoms with Gasteiger partial charge in [-0.1, -0.05) is 37.6 Å². The lowest BCUT2D eigenvalue weighted by molar-refractivity contribution is -0.130. The summed E-state index contributed by atoms with van der Waals surface area (Å²) in [6.07, 6.45) is 2.00. The maximum absolute atomic E-state index is 12.4. The van der Waals surface area contributed by atoms with Crippen LogP contribution in [0.1, 0.15) is 32.3 Å². The Morgan fingerprint density at radius 2 is 2.04 bits per heavy atom. The van der Waals surface area contributed by atoms with Gasteiger partial charge in [-0.3, -0.25) is 4.79 Å². The molecule has 1 aliphatic rings. The predicted molar refractivity (Wildman–Crippen MR) is 96.2 cm³/mol. The molecule has 1 saturated heterocycles. The Morgan fingerprint density at radius 3 is 2.65 bits per heavy atom. The molecule has 1 fully saturated rings. The van der Waals surface area contributed by atoms with E-state index < -0.39 is 5.54 Å². The average molecular weight is 361 g/mol. The van der Waals surface area contributed by atoms with Gasteiger partial charge in [-0.25, -0.2) is 0 Å². The molecular formula is C17H26Cl2N2O2. The molecule has 0 saturated carbocycles. The van der Waals surface area contributed by atoms with Crippen LogP contribution in [-0.4, -0.2) is 31.2 Å². The summed E-state index contributed by atoms with van der Waals surface area (Å²) in [6, 6.07) is 7.83. The number of nitrogens with one attached hydrogen (secondary N) is 1. The lowest BCUT2D eigenvalue weighted by Gasteiger charge is -2.33. The molecule has 23 heavy (non-hydrogen) atoms. The van der Waals surface area contributed by atoms with Crippen molar-refractivity contribution in [1.82, 2.24) is 5.32 Å². The maximum Gasteiger partial charge on any atom is 0.240 e. The van der Waals surface area contributed by atoms with E-state index in [1.807, 2.05) is 18.2 Å². The second kappa shape index (κ2) is 8.34. The Kier molecular flexibility index (Phi) is 7.33. The summed E-state index contributed by atoms with van der Waals surface area (Å²) in [5.41, 5.74) is 6.51. The number of nitrogens with two attached hydrogens (primary N) is 1. The highest BCUT2D eigenvalue weighted by atomic mass is 35.5. The van der Waals surface area contributed by atoms with Crippen molar-refractivity contribution >= 4 is 29.9 Å². The van der Waals surface area contributed by atoms with E-state index in [4.69, 9.17) is 22.1 Å². The Labute approximate surface area is 149 Å². The van der Waals surface area contributed by atoms with E-state index in [1.165, 1.54) is 5.56 Å². The van der Waals surface area contributed by atoms with E-state index in [9.17, 15) is 4.79 Å². The highest BCUT2D eigenvalue weighted by Crippen LogP contribution is 2.24. The zero-order chi connectivity index (χ0) is 16.2. The molecule has 0 radical (unpaired) electrons. The minimum atomic E-state index is -0.787. The fourth-order valence-electron chi connectivity index (χ4n) is 2.72. The largest absolute Gasteiger partial charge is 0.381 e. The first-order valence-electron chi connectivity index (χ1n) is 7.70. The van der Waals surface area contributed by atoms with Crippen LogP contribution in [0.3, 0.4) is 0 Å². The van der Waals surface area contributed by atoms with E-state index in [0.717, 1.165) is 11.4 Å². The van der Waals surface area contributed by atoms with Crippen molar-refractivity contribution in [3.63, 3.8) is 0 Å². The molecule has 0 aliphatic carbocycles. The molecule has 6 heteroatoms. The SMILES string of the molecule is CC(C)(CNC(=O)C1(N)CCOCC1)Cc1cccc(Cl)c1.Cl. The zero-order valence-electron chi connectivity index (χ0n) is 13.7. The number of hydrogen-bond acceptors (Lipinski definition) is 3. The summed E-state index contributed by atoms with van der Waals surface area (Å²) in [7, 11) is 0. The summed E-state index contributed by atoms with van der Waals surface area (Å²) in [4.78, 5) is 12.4. The van der Waals surface area contributed by atoms with Gasteiger partial charge in [-0.15, -0.1) is 12.4 Å². The smallest absolute Gasteiger partial charge is 0.240 e. The lowest BCUT2D eigenvalue weighted by Crippen LogP contribution is -2.58. The molecule has 1 aliphatic heterocycles. The minimum Gasteiger partial charge on any atom is -0.381 e. The molecule has 1 amide bonds. The molecule has 4 nitrogen and oxygen atoms in total. The van der Waals surface area contributed by atoms with Gasteiger partial charge in [0.05, 0.1) is 5.54 Å². The van der Waals surface area contributed by atoms with Gasteiger partial charge in [-0.2, -0.15) is 0 Å². The fourth-order valence-corrected chi connectivity index (χ4v) is 2.93. The first-order chi connectivity index (χ1) is 10.3. The van der Waals surface area contributed by atoms with Crippen LogP contribution in [-0.2, 0) is 16.0 Å². The van der Waals surface area contributed by atoms with E-state index in [2.05, 4.69) is 25.2 Å². The van der Waals surface area contributed by atoms with Crippen LogP contribution in [0.25, 0.3) is 0 Å². The summed E-state index contributed by atoms with van der Waals surface area (Å²) in [5, 5.41) is 3.75. The summed E-state index contributed by atoms with van der Waals surface area (Å²) < 4.78 is 5.28. The molecule has 0 atom stereocenters. The monoisotopic (exact) mass is 360 g/mol. The first kappa shape index (κ1) is 20.2. The summed E-state index contributed by atoms with van der Waals surface area (Å²) >= 11 is 6.02. The van der Waals surface area contributed by atoms with Gasteiger partial charge < -0.3 is 15.8 Å². The van der Waals surface area contributed by atoms with Gasteiger partial charge in [0.1, 0.15) is 0 Å². The Bertz CT molecular complexity index is 529. The summed E-state index contributed by atoms with van der Waals surface area (Å²) in [5.74, 6) is -0.0741. The highest BCUT2D eigenvalue weighted by molar-refractivity contribution is 6.30. The minimum absolute atomic E-state index is 0. The number of benzene rings is 1. The topological polar surface area (TPSA) is 64.4 Å². The standard InChI is InChI=1S/C17H25ClN2O2.ClH/c1-16(2,11-13-4-3-5-14(18)10-13)12-20-15(21)17(19)6-8-22-9-7-17;/h3-5,10H,6-9,11-12,19H2,1-2H3,(H,20,21);1H. The Hall–Kier alpha value is -0.810. The number of halogens is 2. The Balaban J connectivity index is 0.00000264. The van der Waals surface area contributed by atoms with Crippen molar-refractivity contribution in [3.05, 3.63) is 34.9 Å². The number of carbonyl (C=O) groups is 1. The van der Waals surface area contributed by atoms with Gasteiger partial charge in [0.15, 0.2) is 0 Å². The number of carbonyl (C=O) groups excluding carboxylic acids is 1. The molecule has 1 aromatic rings. The van der Waals surface area contributed by atoms with E-state index in [1.54, 1.807) is 0 Å². The van der Waals surface area contributed by atoms with Gasteiger partial charge in [0.25, 0.3) is 0 Å². The number of amides is 1. The highest BCUT2D eigenvalue weighted by Gasteiger charge is 2.36. The molecular weight excluding hydrogens is 335 g/mol. The van der Waals surface area contributed by atoms with Crippen LogP contribution in [0, 0.1) is 5.41 Å². The first-order valence-corrected chi connectivity index (χ1v) is 8.08. The van der Waals surface area contributed by atoms with Crippen molar-refractivity contribution in [3.8, 4) is 0 Å². The molecule has 130 valence electrons. The van der Waals surface area contributed by atoms with E-state index in [-0.39, 0.29) is 23.7 Å². The zero-order valence-corrected chi connectivity index (χ0v) is 15.3. The van der Waals surface area contributed by atoms with Crippen LogP contribution in [0.4, 0.5) is 0 Å². The lowest BCUT2D eigenvalue weighted by atomic mass is 9.84. The Morgan fingerprint density at radius 1 is 1.39 bits per heavy atom. The molecule has 0 bridgehead atoms. The number of rotatable bonds is 5. The number of ether oxygens (including phenoxy) is 1. The molecule has 1 heterocycles. The van der Waals surface area contributed by atoms with Crippen molar-refractivity contribution in [2.45, 2.75) is 38.6 Å². The van der Waals surface area contributed by atoms with Crippen molar-refractivity contribution in [1.29, 1.82) is 0 Å². The van der Waals surface area contributed by atoms with Crippen LogP contribution in [0.2, 0.25) is 5.02 Å². The second-order valence-corrected chi connectivity index (χ2v) is 7.36. The average Bonchev–Trinajstić information content (AvgIpc) is 2.45. The molecule has 2 rings (SSSR count). The van der Waals surface area contributed by atoms with Crippen molar-refractivity contribution in [2.24, 2.45) is 11.1 Å². The molecule has 0 spiro atoms. The van der Waals surface area contributed by atoms with Crippen LogP contribution in [0.5, 0.6) is 0 Å².